The molecule has 1 aromatic carbocycles. The highest BCUT2D eigenvalue weighted by molar-refractivity contribution is 6.49. The van der Waals surface area contributed by atoms with Crippen LogP contribution in [0.5, 0.6) is 0 Å². The number of hydrogen-bond acceptors (Lipinski definition) is 2. The Kier molecular flexibility index (Phi) is 2.65. The summed E-state index contributed by atoms with van der Waals surface area (Å²) in [5, 5.41) is 0. The van der Waals surface area contributed by atoms with Crippen molar-refractivity contribution in [2.75, 3.05) is 0 Å². The van der Waals surface area contributed by atoms with Crippen molar-refractivity contribution in [2.45, 2.75) is 56.8 Å². The van der Waals surface area contributed by atoms with Gasteiger partial charge >= 0.3 is 7.12 Å². The first kappa shape index (κ1) is 13.1. The fourth-order valence-corrected chi connectivity index (χ4v) is 2.67. The summed E-state index contributed by atoms with van der Waals surface area (Å²) < 4.78 is 26.8. The number of halogens is 1. The maximum Gasteiger partial charge on any atom is 0.464 e. The molecule has 1 aliphatic heterocycles. The van der Waals surface area contributed by atoms with Gasteiger partial charge in [0.15, 0.2) is 0 Å². The second-order valence-corrected chi connectivity index (χ2v) is 6.66. The Labute approximate surface area is 114 Å². The van der Waals surface area contributed by atoms with Crippen LogP contribution in [0.25, 0.3) is 0 Å². The molecule has 102 valence electrons. The zero-order valence-electron chi connectivity index (χ0n) is 11.9. The van der Waals surface area contributed by atoms with Gasteiger partial charge in [-0.3, -0.25) is 0 Å². The van der Waals surface area contributed by atoms with Crippen molar-refractivity contribution in [3.05, 3.63) is 35.9 Å². The van der Waals surface area contributed by atoms with Gasteiger partial charge in [-0.1, -0.05) is 30.3 Å². The highest BCUT2D eigenvalue weighted by Crippen LogP contribution is 2.64. The van der Waals surface area contributed by atoms with E-state index in [1.807, 2.05) is 58.0 Å². The van der Waals surface area contributed by atoms with E-state index in [1.165, 1.54) is 0 Å². The molecule has 0 bridgehead atoms. The molecule has 2 atom stereocenters. The Morgan fingerprint density at radius 3 is 2.11 bits per heavy atom. The fraction of sp³-hybridized carbons (Fsp3) is 0.600. The predicted octanol–water partition coefficient (Wildman–Crippen LogP) is 3.72. The van der Waals surface area contributed by atoms with Crippen LogP contribution in [-0.4, -0.2) is 18.3 Å². The molecule has 2 aliphatic rings. The maximum absolute atomic E-state index is 14.9. The highest BCUT2D eigenvalue weighted by Gasteiger charge is 2.68. The molecule has 2 unspecified atom stereocenters. The van der Waals surface area contributed by atoms with Gasteiger partial charge in [-0.05, 0) is 39.7 Å². The molecule has 1 aromatic rings. The smallest absolute Gasteiger partial charge is 0.403 e. The minimum Gasteiger partial charge on any atom is -0.403 e. The van der Waals surface area contributed by atoms with Gasteiger partial charge in [0.1, 0.15) is 5.67 Å². The number of hydrogen-bond donors (Lipinski definition) is 0. The SMILES string of the molecule is CC1(C)OB(C2CC2(F)c2ccccc2)OC1(C)C. The quantitative estimate of drug-likeness (QED) is 0.756. The van der Waals surface area contributed by atoms with E-state index in [-0.39, 0.29) is 5.82 Å². The molecule has 2 fully saturated rings. The Balaban J connectivity index is 1.78. The molecule has 1 saturated carbocycles. The summed E-state index contributed by atoms with van der Waals surface area (Å²) in [5.74, 6) is -0.198. The minimum absolute atomic E-state index is 0.198. The van der Waals surface area contributed by atoms with Crippen molar-refractivity contribution in [2.24, 2.45) is 0 Å². The summed E-state index contributed by atoms with van der Waals surface area (Å²) in [5.41, 5.74) is -1.34. The first-order chi connectivity index (χ1) is 8.76. The van der Waals surface area contributed by atoms with E-state index in [0.717, 1.165) is 5.56 Å². The molecule has 1 heterocycles. The Morgan fingerprint density at radius 2 is 1.58 bits per heavy atom. The molecular weight excluding hydrogens is 242 g/mol. The number of rotatable bonds is 2. The predicted molar refractivity (Wildman–Crippen MR) is 73.7 cm³/mol. The van der Waals surface area contributed by atoms with E-state index in [9.17, 15) is 4.39 Å². The lowest BCUT2D eigenvalue weighted by atomic mass is 9.79. The monoisotopic (exact) mass is 262 g/mol. The standard InChI is InChI=1S/C15H20BFO2/c1-13(2)14(3,4)19-16(18-13)12-10-15(12,17)11-8-6-5-7-9-11/h5-9,12H,10H2,1-4H3. The summed E-state index contributed by atoms with van der Waals surface area (Å²) in [6.07, 6.45) is 0.480. The molecule has 0 aromatic heterocycles. The lowest BCUT2D eigenvalue weighted by molar-refractivity contribution is 0.00578. The van der Waals surface area contributed by atoms with Crippen LogP contribution in [0.3, 0.4) is 0 Å². The largest absolute Gasteiger partial charge is 0.464 e. The van der Waals surface area contributed by atoms with Crippen LogP contribution in [0.2, 0.25) is 5.82 Å². The fourth-order valence-electron chi connectivity index (χ4n) is 2.67. The summed E-state index contributed by atoms with van der Waals surface area (Å²) in [4.78, 5) is 0. The molecule has 0 spiro atoms. The van der Waals surface area contributed by atoms with Crippen LogP contribution in [-0.2, 0) is 15.0 Å². The van der Waals surface area contributed by atoms with Crippen molar-refractivity contribution < 1.29 is 13.7 Å². The minimum atomic E-state index is -1.29. The second kappa shape index (κ2) is 3.83. The van der Waals surface area contributed by atoms with E-state index in [4.69, 9.17) is 9.31 Å². The van der Waals surface area contributed by atoms with Gasteiger partial charge in [-0.15, -0.1) is 0 Å². The van der Waals surface area contributed by atoms with E-state index >= 15 is 0 Å². The average molecular weight is 262 g/mol. The molecule has 1 saturated heterocycles. The molecule has 19 heavy (non-hydrogen) atoms. The van der Waals surface area contributed by atoms with Crippen LogP contribution in [0.4, 0.5) is 4.39 Å². The third-order valence-corrected chi connectivity index (χ3v) is 4.80. The molecule has 3 rings (SSSR count). The summed E-state index contributed by atoms with van der Waals surface area (Å²) >= 11 is 0. The average Bonchev–Trinajstić information content (AvgIpc) is 2.97. The molecule has 0 N–H and O–H groups in total. The van der Waals surface area contributed by atoms with E-state index < -0.39 is 24.0 Å². The maximum atomic E-state index is 14.9. The number of alkyl halides is 1. The third kappa shape index (κ3) is 1.93. The van der Waals surface area contributed by atoms with E-state index in [1.54, 1.807) is 0 Å². The van der Waals surface area contributed by atoms with Crippen molar-refractivity contribution in [3.63, 3.8) is 0 Å². The van der Waals surface area contributed by atoms with Crippen LogP contribution < -0.4 is 0 Å². The second-order valence-electron chi connectivity index (χ2n) is 6.66. The van der Waals surface area contributed by atoms with E-state index in [2.05, 4.69) is 0 Å². The Morgan fingerprint density at radius 1 is 1.05 bits per heavy atom. The molecule has 1 aliphatic carbocycles. The Bertz CT molecular complexity index is 472. The lowest BCUT2D eigenvalue weighted by Crippen LogP contribution is -2.41. The first-order valence-electron chi connectivity index (χ1n) is 6.86. The van der Waals surface area contributed by atoms with Crippen molar-refractivity contribution in [1.82, 2.24) is 0 Å². The van der Waals surface area contributed by atoms with Gasteiger partial charge in [0.25, 0.3) is 0 Å². The third-order valence-electron chi connectivity index (χ3n) is 4.80. The Hall–Kier alpha value is -0.865. The lowest BCUT2D eigenvalue weighted by Gasteiger charge is -2.32. The summed E-state index contributed by atoms with van der Waals surface area (Å²) in [6, 6.07) is 9.32. The van der Waals surface area contributed by atoms with Gasteiger partial charge < -0.3 is 9.31 Å². The molecule has 2 nitrogen and oxygen atoms in total. The number of benzene rings is 1. The van der Waals surface area contributed by atoms with Gasteiger partial charge in [0.05, 0.1) is 11.2 Å². The van der Waals surface area contributed by atoms with Crippen molar-refractivity contribution in [1.29, 1.82) is 0 Å². The van der Waals surface area contributed by atoms with Crippen molar-refractivity contribution >= 4 is 7.12 Å². The molecule has 0 amide bonds. The molecule has 4 heteroatoms. The van der Waals surface area contributed by atoms with E-state index in [0.29, 0.717) is 6.42 Å². The zero-order chi connectivity index (χ0) is 13.9. The topological polar surface area (TPSA) is 18.5 Å². The summed E-state index contributed by atoms with van der Waals surface area (Å²) in [6.45, 7) is 7.99. The van der Waals surface area contributed by atoms with Crippen molar-refractivity contribution in [3.8, 4) is 0 Å². The van der Waals surface area contributed by atoms with Crippen LogP contribution in [0.15, 0.2) is 30.3 Å². The normalized spacial score (nSPS) is 35.4. The molecule has 0 radical (unpaired) electrons. The van der Waals surface area contributed by atoms with Crippen LogP contribution >= 0.6 is 0 Å². The van der Waals surface area contributed by atoms with Gasteiger partial charge in [0, 0.05) is 5.82 Å². The van der Waals surface area contributed by atoms with Crippen LogP contribution in [0.1, 0.15) is 39.7 Å². The highest BCUT2D eigenvalue weighted by atomic mass is 19.1. The zero-order valence-corrected chi connectivity index (χ0v) is 11.9. The van der Waals surface area contributed by atoms with Crippen LogP contribution in [0, 0.1) is 0 Å². The molecular formula is C15H20BFO2. The summed E-state index contributed by atoms with van der Waals surface area (Å²) in [7, 11) is -0.449. The van der Waals surface area contributed by atoms with Gasteiger partial charge in [-0.2, -0.15) is 0 Å². The van der Waals surface area contributed by atoms with Gasteiger partial charge in [-0.25, -0.2) is 4.39 Å². The first-order valence-corrected chi connectivity index (χ1v) is 6.86. The van der Waals surface area contributed by atoms with Gasteiger partial charge in [0.2, 0.25) is 0 Å².